The number of hydrogen-bond acceptors (Lipinski definition) is 3. The highest BCUT2D eigenvalue weighted by Crippen LogP contribution is 2.23. The number of hydrogen-bond donors (Lipinski definition) is 1. The average molecular weight is 322 g/mol. The molecule has 0 saturated carbocycles. The molecule has 0 aliphatic carbocycles. The Kier molecular flexibility index (Phi) is 4.16. The first-order valence-electron chi connectivity index (χ1n) is 7.88. The fourth-order valence-electron chi connectivity index (χ4n) is 2.75. The van der Waals surface area contributed by atoms with Gasteiger partial charge < -0.3 is 5.32 Å². The lowest BCUT2D eigenvalue weighted by Gasteiger charge is -2.07. The van der Waals surface area contributed by atoms with Crippen LogP contribution in [0.3, 0.4) is 0 Å². The Bertz CT molecular complexity index is 825. The van der Waals surface area contributed by atoms with Crippen LogP contribution in [0.2, 0.25) is 0 Å². The van der Waals surface area contributed by atoms with E-state index in [-0.39, 0.29) is 23.3 Å². The smallest absolute Gasteiger partial charge is 0.261 e. The Hall–Kier alpha value is -2.95. The Morgan fingerprint density at radius 2 is 1.67 bits per heavy atom. The summed E-state index contributed by atoms with van der Waals surface area (Å²) in [4.78, 5) is 37.3. The molecule has 0 atom stereocenters. The molecule has 5 heteroatoms. The third-order valence-corrected chi connectivity index (χ3v) is 4.10. The normalized spacial score (nSPS) is 13.2. The molecule has 0 spiro atoms. The molecule has 2 aromatic rings. The van der Waals surface area contributed by atoms with E-state index in [2.05, 4.69) is 12.2 Å². The van der Waals surface area contributed by atoms with Gasteiger partial charge in [0.15, 0.2) is 0 Å². The first kappa shape index (κ1) is 15.9. The second-order valence-corrected chi connectivity index (χ2v) is 5.83. The summed E-state index contributed by atoms with van der Waals surface area (Å²) in [5, 5.41) is 2.81. The van der Waals surface area contributed by atoms with E-state index in [9.17, 15) is 14.4 Å². The molecule has 1 aliphatic rings. The molecule has 1 aliphatic heterocycles. The summed E-state index contributed by atoms with van der Waals surface area (Å²) in [7, 11) is 1.43. The van der Waals surface area contributed by atoms with E-state index in [1.165, 1.54) is 24.7 Å². The van der Waals surface area contributed by atoms with E-state index in [0.29, 0.717) is 16.8 Å². The van der Waals surface area contributed by atoms with Crippen molar-refractivity contribution in [2.24, 2.45) is 0 Å². The number of imide groups is 1. The predicted octanol–water partition coefficient (Wildman–Crippen LogP) is 3.12. The maximum absolute atomic E-state index is 12.4. The lowest BCUT2D eigenvalue weighted by Crippen LogP contribution is -2.24. The van der Waals surface area contributed by atoms with Crippen molar-refractivity contribution in [1.82, 2.24) is 4.90 Å². The Morgan fingerprint density at radius 1 is 1.00 bits per heavy atom. The molecule has 3 rings (SSSR count). The van der Waals surface area contributed by atoms with Crippen molar-refractivity contribution >= 4 is 23.4 Å². The lowest BCUT2D eigenvalue weighted by molar-refractivity contribution is 0.0693. The number of benzene rings is 2. The highest BCUT2D eigenvalue weighted by molar-refractivity contribution is 6.22. The van der Waals surface area contributed by atoms with E-state index in [1.54, 1.807) is 6.07 Å². The molecule has 0 radical (unpaired) electrons. The third-order valence-electron chi connectivity index (χ3n) is 4.10. The van der Waals surface area contributed by atoms with Gasteiger partial charge >= 0.3 is 0 Å². The van der Waals surface area contributed by atoms with Crippen molar-refractivity contribution in [1.29, 1.82) is 0 Å². The van der Waals surface area contributed by atoms with Crippen LogP contribution >= 0.6 is 0 Å². The molecule has 3 amide bonds. The van der Waals surface area contributed by atoms with Crippen molar-refractivity contribution in [3.63, 3.8) is 0 Å². The molecule has 0 bridgehead atoms. The first-order valence-corrected chi connectivity index (χ1v) is 7.88. The second kappa shape index (κ2) is 6.28. The zero-order valence-electron chi connectivity index (χ0n) is 13.6. The van der Waals surface area contributed by atoms with Crippen molar-refractivity contribution in [3.8, 4) is 0 Å². The molecule has 24 heavy (non-hydrogen) atoms. The monoisotopic (exact) mass is 322 g/mol. The van der Waals surface area contributed by atoms with Gasteiger partial charge in [-0.3, -0.25) is 19.3 Å². The molecule has 0 unspecified atom stereocenters. The summed E-state index contributed by atoms with van der Waals surface area (Å²) < 4.78 is 0. The Morgan fingerprint density at radius 3 is 2.33 bits per heavy atom. The summed E-state index contributed by atoms with van der Waals surface area (Å²) in [6.07, 6.45) is 2.07. The zero-order valence-corrected chi connectivity index (χ0v) is 13.6. The van der Waals surface area contributed by atoms with Crippen molar-refractivity contribution in [2.45, 2.75) is 19.8 Å². The minimum absolute atomic E-state index is 0.272. The van der Waals surface area contributed by atoms with Crippen LogP contribution in [0.25, 0.3) is 0 Å². The maximum Gasteiger partial charge on any atom is 0.261 e. The number of nitrogens with zero attached hydrogens (tertiary/aromatic N) is 1. The van der Waals surface area contributed by atoms with Gasteiger partial charge in [-0.15, -0.1) is 0 Å². The first-order chi connectivity index (χ1) is 11.5. The Labute approximate surface area is 140 Å². The van der Waals surface area contributed by atoms with Gasteiger partial charge in [0.05, 0.1) is 11.1 Å². The van der Waals surface area contributed by atoms with E-state index in [0.717, 1.165) is 17.7 Å². The number of nitrogens with one attached hydrogen (secondary N) is 1. The molecule has 5 nitrogen and oxygen atoms in total. The van der Waals surface area contributed by atoms with Crippen LogP contribution in [0.5, 0.6) is 0 Å². The summed E-state index contributed by atoms with van der Waals surface area (Å²) in [5.74, 6) is -1.03. The highest BCUT2D eigenvalue weighted by Gasteiger charge is 2.33. The fraction of sp³-hybridized carbons (Fsp3) is 0.211. The number of rotatable bonds is 4. The van der Waals surface area contributed by atoms with Crippen molar-refractivity contribution in [3.05, 3.63) is 64.7 Å². The van der Waals surface area contributed by atoms with Crippen LogP contribution in [0, 0.1) is 0 Å². The third kappa shape index (κ3) is 2.80. The lowest BCUT2D eigenvalue weighted by atomic mass is 10.0. The number of aryl methyl sites for hydroxylation is 1. The molecule has 0 aromatic heterocycles. The summed E-state index contributed by atoms with van der Waals surface area (Å²) in [6, 6.07) is 12.2. The largest absolute Gasteiger partial charge is 0.322 e. The van der Waals surface area contributed by atoms with Gasteiger partial charge in [-0.25, -0.2) is 0 Å². The molecule has 2 aromatic carbocycles. The van der Waals surface area contributed by atoms with Gasteiger partial charge in [-0.1, -0.05) is 25.5 Å². The molecule has 1 heterocycles. The average Bonchev–Trinajstić information content (AvgIpc) is 2.81. The number of carbonyl (C=O) groups excluding carboxylic acids is 3. The van der Waals surface area contributed by atoms with Crippen molar-refractivity contribution < 1.29 is 14.4 Å². The van der Waals surface area contributed by atoms with E-state index >= 15 is 0 Å². The quantitative estimate of drug-likeness (QED) is 0.880. The summed E-state index contributed by atoms with van der Waals surface area (Å²) in [5.41, 5.74) is 2.87. The van der Waals surface area contributed by atoms with Gasteiger partial charge in [0.1, 0.15) is 0 Å². The van der Waals surface area contributed by atoms with Crippen LogP contribution in [-0.2, 0) is 6.42 Å². The standard InChI is InChI=1S/C19H18N2O3/c1-3-4-12-5-8-14(9-6-12)20-17(22)13-7-10-15-16(11-13)19(24)21(2)18(15)23/h5-11H,3-4H2,1-2H3,(H,20,22). The molecular weight excluding hydrogens is 304 g/mol. The second-order valence-electron chi connectivity index (χ2n) is 5.83. The van der Waals surface area contributed by atoms with E-state index in [1.807, 2.05) is 24.3 Å². The fourth-order valence-corrected chi connectivity index (χ4v) is 2.75. The molecular formula is C19H18N2O3. The van der Waals surface area contributed by atoms with Gasteiger partial charge in [0.2, 0.25) is 0 Å². The SMILES string of the molecule is CCCc1ccc(NC(=O)c2ccc3c(c2)C(=O)N(C)C3=O)cc1. The molecule has 1 N–H and O–H groups in total. The van der Waals surface area contributed by atoms with Gasteiger partial charge in [0.25, 0.3) is 17.7 Å². The van der Waals surface area contributed by atoms with Crippen LogP contribution in [-0.4, -0.2) is 29.7 Å². The van der Waals surface area contributed by atoms with Crippen LogP contribution in [0.1, 0.15) is 50.0 Å². The molecule has 122 valence electrons. The van der Waals surface area contributed by atoms with E-state index < -0.39 is 0 Å². The zero-order chi connectivity index (χ0) is 17.3. The highest BCUT2D eigenvalue weighted by atomic mass is 16.2. The topological polar surface area (TPSA) is 66.5 Å². The molecule has 0 saturated heterocycles. The van der Waals surface area contributed by atoms with Crippen LogP contribution in [0.4, 0.5) is 5.69 Å². The maximum atomic E-state index is 12.4. The van der Waals surface area contributed by atoms with Gasteiger partial charge in [-0.2, -0.15) is 0 Å². The number of carbonyl (C=O) groups is 3. The Balaban J connectivity index is 1.79. The van der Waals surface area contributed by atoms with Crippen LogP contribution in [0.15, 0.2) is 42.5 Å². The van der Waals surface area contributed by atoms with Crippen LogP contribution < -0.4 is 5.32 Å². The van der Waals surface area contributed by atoms with Gasteiger partial charge in [0, 0.05) is 18.3 Å². The predicted molar refractivity (Wildman–Crippen MR) is 91.3 cm³/mol. The number of amides is 3. The van der Waals surface area contributed by atoms with Crippen molar-refractivity contribution in [2.75, 3.05) is 12.4 Å². The molecule has 0 fully saturated rings. The number of fused-ring (bicyclic) bond motifs is 1. The summed E-state index contributed by atoms with van der Waals surface area (Å²) >= 11 is 0. The van der Waals surface area contributed by atoms with Gasteiger partial charge in [-0.05, 0) is 42.3 Å². The number of anilines is 1. The minimum atomic E-state index is -0.381. The minimum Gasteiger partial charge on any atom is -0.322 e. The summed E-state index contributed by atoms with van der Waals surface area (Å²) in [6.45, 7) is 2.12. The van der Waals surface area contributed by atoms with E-state index in [4.69, 9.17) is 0 Å².